The molecule has 2 rings (SSSR count). The summed E-state index contributed by atoms with van der Waals surface area (Å²) in [6.07, 6.45) is 0. The molecule has 0 bridgehead atoms. The lowest BCUT2D eigenvalue weighted by Crippen LogP contribution is -2.28. The predicted molar refractivity (Wildman–Crippen MR) is 75.1 cm³/mol. The van der Waals surface area contributed by atoms with E-state index in [0.29, 0.717) is 12.2 Å². The lowest BCUT2D eigenvalue weighted by Gasteiger charge is -2.19. The molecular formula is C15H18N2O2. The molecule has 0 aliphatic heterocycles. The van der Waals surface area contributed by atoms with Gasteiger partial charge in [-0.1, -0.05) is 32.9 Å². The highest BCUT2D eigenvalue weighted by Crippen LogP contribution is 2.21. The van der Waals surface area contributed by atoms with Gasteiger partial charge in [-0.05, 0) is 23.6 Å². The van der Waals surface area contributed by atoms with Gasteiger partial charge in [0.15, 0.2) is 0 Å². The third-order valence-electron chi connectivity index (χ3n) is 2.63. The Hall–Kier alpha value is -2.10. The average Bonchev–Trinajstić information content (AvgIpc) is 2.30. The smallest absolute Gasteiger partial charge is 0.266 e. The lowest BCUT2D eigenvalue weighted by atomic mass is 9.97. The quantitative estimate of drug-likeness (QED) is 0.901. The zero-order chi connectivity index (χ0) is 14.0. The molecule has 0 spiro atoms. The van der Waals surface area contributed by atoms with Gasteiger partial charge in [0.05, 0.1) is 5.69 Å². The van der Waals surface area contributed by atoms with Crippen molar-refractivity contribution in [1.82, 2.24) is 9.78 Å². The summed E-state index contributed by atoms with van der Waals surface area (Å²) in [4.78, 5) is 11.8. The van der Waals surface area contributed by atoms with Gasteiger partial charge in [-0.15, -0.1) is 0 Å². The van der Waals surface area contributed by atoms with Crippen molar-refractivity contribution in [3.63, 3.8) is 0 Å². The van der Waals surface area contributed by atoms with Crippen LogP contribution in [0.4, 0.5) is 0 Å². The van der Waals surface area contributed by atoms with Crippen molar-refractivity contribution in [2.45, 2.75) is 27.3 Å². The second-order valence-electron chi connectivity index (χ2n) is 5.83. The molecule has 1 aromatic heterocycles. The monoisotopic (exact) mass is 258 g/mol. The normalized spacial score (nSPS) is 11.5. The molecule has 1 heterocycles. The molecule has 0 saturated heterocycles. The second-order valence-corrected chi connectivity index (χ2v) is 5.83. The number of benzene rings is 1. The van der Waals surface area contributed by atoms with Crippen molar-refractivity contribution in [3.05, 3.63) is 46.8 Å². The van der Waals surface area contributed by atoms with E-state index in [4.69, 9.17) is 0 Å². The molecule has 0 saturated carbocycles. The summed E-state index contributed by atoms with van der Waals surface area (Å²) in [6.45, 7) is 6.73. The fraction of sp³-hybridized carbons (Fsp3) is 0.333. The highest BCUT2D eigenvalue weighted by atomic mass is 16.3. The van der Waals surface area contributed by atoms with Crippen LogP contribution in [0.25, 0.3) is 11.3 Å². The van der Waals surface area contributed by atoms with Gasteiger partial charge >= 0.3 is 0 Å². The standard InChI is InChI=1S/C15H18N2O2/c1-15(2,3)10-17-14(19)8-7-13(16-17)11-5-4-6-12(18)9-11/h4-9,18H,10H2,1-3H3. The van der Waals surface area contributed by atoms with E-state index in [1.165, 1.54) is 10.7 Å². The Bertz CT molecular complexity index is 639. The predicted octanol–water partition coefficient (Wildman–Crippen LogP) is 2.66. The molecule has 0 atom stereocenters. The van der Waals surface area contributed by atoms with Crippen LogP contribution >= 0.6 is 0 Å². The summed E-state index contributed by atoms with van der Waals surface area (Å²) in [5.41, 5.74) is 1.34. The van der Waals surface area contributed by atoms with E-state index in [9.17, 15) is 9.90 Å². The first kappa shape index (κ1) is 13.3. The van der Waals surface area contributed by atoms with Crippen LogP contribution < -0.4 is 5.56 Å². The van der Waals surface area contributed by atoms with Crippen molar-refractivity contribution < 1.29 is 5.11 Å². The molecule has 4 nitrogen and oxygen atoms in total. The van der Waals surface area contributed by atoms with Crippen molar-refractivity contribution in [2.24, 2.45) is 5.41 Å². The molecule has 0 radical (unpaired) electrons. The summed E-state index contributed by atoms with van der Waals surface area (Å²) in [5.74, 6) is 0.188. The molecule has 0 fully saturated rings. The van der Waals surface area contributed by atoms with Crippen LogP contribution in [0.3, 0.4) is 0 Å². The first-order chi connectivity index (χ1) is 8.85. The molecule has 19 heavy (non-hydrogen) atoms. The van der Waals surface area contributed by atoms with Crippen molar-refractivity contribution in [1.29, 1.82) is 0 Å². The number of aromatic hydroxyl groups is 1. The molecule has 1 N–H and O–H groups in total. The van der Waals surface area contributed by atoms with Crippen LogP contribution in [0.15, 0.2) is 41.2 Å². The van der Waals surface area contributed by atoms with Gasteiger partial charge in [-0.25, -0.2) is 4.68 Å². The molecule has 2 aromatic rings. The number of hydrogen-bond donors (Lipinski definition) is 1. The van der Waals surface area contributed by atoms with Crippen molar-refractivity contribution >= 4 is 0 Å². The SMILES string of the molecule is CC(C)(C)Cn1nc(-c2cccc(O)c2)ccc1=O. The number of aromatic nitrogens is 2. The van der Waals surface area contributed by atoms with Crippen molar-refractivity contribution in [3.8, 4) is 17.0 Å². The van der Waals surface area contributed by atoms with Gasteiger partial charge in [0.25, 0.3) is 5.56 Å². The molecular weight excluding hydrogens is 240 g/mol. The first-order valence-corrected chi connectivity index (χ1v) is 6.23. The third-order valence-corrected chi connectivity index (χ3v) is 2.63. The van der Waals surface area contributed by atoms with Gasteiger partial charge in [0, 0.05) is 18.2 Å². The molecule has 0 unspecified atom stereocenters. The molecule has 100 valence electrons. The van der Waals surface area contributed by atoms with Gasteiger partial charge in [-0.2, -0.15) is 5.10 Å². The highest BCUT2D eigenvalue weighted by Gasteiger charge is 2.13. The van der Waals surface area contributed by atoms with Gasteiger partial charge in [-0.3, -0.25) is 4.79 Å². The van der Waals surface area contributed by atoms with E-state index < -0.39 is 0 Å². The fourth-order valence-corrected chi connectivity index (χ4v) is 1.83. The Balaban J connectivity index is 2.44. The van der Waals surface area contributed by atoms with Gasteiger partial charge < -0.3 is 5.11 Å². The number of phenols is 1. The average molecular weight is 258 g/mol. The maximum absolute atomic E-state index is 11.8. The molecule has 0 aliphatic rings. The van der Waals surface area contributed by atoms with Crippen molar-refractivity contribution in [2.75, 3.05) is 0 Å². The lowest BCUT2D eigenvalue weighted by molar-refractivity contribution is 0.317. The summed E-state index contributed by atoms with van der Waals surface area (Å²) in [6, 6.07) is 10.0. The minimum absolute atomic E-state index is 0.0196. The van der Waals surface area contributed by atoms with Crippen LogP contribution in [-0.2, 0) is 6.54 Å². The van der Waals surface area contributed by atoms with E-state index in [-0.39, 0.29) is 16.7 Å². The van der Waals surface area contributed by atoms with E-state index >= 15 is 0 Å². The van der Waals surface area contributed by atoms with Crippen LogP contribution in [0, 0.1) is 5.41 Å². The Morgan fingerprint density at radius 1 is 1.21 bits per heavy atom. The van der Waals surface area contributed by atoms with Crippen LogP contribution in [-0.4, -0.2) is 14.9 Å². The first-order valence-electron chi connectivity index (χ1n) is 6.23. The summed E-state index contributed by atoms with van der Waals surface area (Å²) in [5, 5.41) is 13.9. The van der Waals surface area contributed by atoms with E-state index in [2.05, 4.69) is 25.9 Å². The largest absolute Gasteiger partial charge is 0.508 e. The van der Waals surface area contributed by atoms with Gasteiger partial charge in [0.1, 0.15) is 5.75 Å². The summed E-state index contributed by atoms with van der Waals surface area (Å²) < 4.78 is 1.47. The Morgan fingerprint density at radius 3 is 2.58 bits per heavy atom. The zero-order valence-electron chi connectivity index (χ0n) is 11.4. The summed E-state index contributed by atoms with van der Waals surface area (Å²) in [7, 11) is 0. The molecule has 0 amide bonds. The molecule has 1 aromatic carbocycles. The molecule has 0 aliphatic carbocycles. The second kappa shape index (κ2) is 4.88. The third kappa shape index (κ3) is 3.44. The zero-order valence-corrected chi connectivity index (χ0v) is 11.4. The Kier molecular flexibility index (Phi) is 3.42. The minimum Gasteiger partial charge on any atom is -0.508 e. The van der Waals surface area contributed by atoms with Gasteiger partial charge in [0.2, 0.25) is 0 Å². The Morgan fingerprint density at radius 2 is 1.95 bits per heavy atom. The van der Waals surface area contributed by atoms with Crippen LogP contribution in [0.5, 0.6) is 5.75 Å². The maximum Gasteiger partial charge on any atom is 0.266 e. The topological polar surface area (TPSA) is 55.1 Å². The van der Waals surface area contributed by atoms with Crippen LogP contribution in [0.2, 0.25) is 0 Å². The number of hydrogen-bond acceptors (Lipinski definition) is 3. The summed E-state index contributed by atoms with van der Waals surface area (Å²) >= 11 is 0. The molecule has 4 heteroatoms. The minimum atomic E-state index is -0.112. The highest BCUT2D eigenvalue weighted by molar-refractivity contribution is 5.60. The van der Waals surface area contributed by atoms with E-state index in [1.54, 1.807) is 24.3 Å². The number of rotatable bonds is 2. The van der Waals surface area contributed by atoms with E-state index in [0.717, 1.165) is 5.56 Å². The number of phenolic OH excluding ortho intramolecular Hbond substituents is 1. The maximum atomic E-state index is 11.8. The number of nitrogens with zero attached hydrogens (tertiary/aromatic N) is 2. The van der Waals surface area contributed by atoms with Crippen LogP contribution in [0.1, 0.15) is 20.8 Å². The Labute approximate surface area is 112 Å². The fourth-order valence-electron chi connectivity index (χ4n) is 1.83. The van der Waals surface area contributed by atoms with E-state index in [1.807, 2.05) is 6.07 Å².